The van der Waals surface area contributed by atoms with Crippen LogP contribution in [0.15, 0.2) is 46.5 Å². The number of rotatable bonds is 6. The second-order valence-corrected chi connectivity index (χ2v) is 11.5. The fourth-order valence-electron chi connectivity index (χ4n) is 3.58. The zero-order valence-electron chi connectivity index (χ0n) is 19.1. The number of carbonyl (C=O) groups excluding carboxylic acids is 2. The second kappa shape index (κ2) is 11.1. The van der Waals surface area contributed by atoms with Crippen LogP contribution in [0.1, 0.15) is 43.7 Å². The highest BCUT2D eigenvalue weighted by molar-refractivity contribution is 8.00. The molecule has 178 valence electrons. The minimum absolute atomic E-state index is 0.152. The molecule has 10 heteroatoms. The number of imide groups is 1. The predicted molar refractivity (Wildman–Crippen MR) is 130 cm³/mol. The molecule has 1 aromatic carbocycles. The van der Waals surface area contributed by atoms with Crippen LogP contribution >= 0.6 is 11.8 Å². The number of aryl methyl sites for hydroxylation is 2. The fraction of sp³-hybridized carbons (Fsp3) is 0.435. The van der Waals surface area contributed by atoms with Crippen LogP contribution in [0.3, 0.4) is 0 Å². The summed E-state index contributed by atoms with van der Waals surface area (Å²) in [6.45, 7) is 6.56. The molecule has 1 aromatic heterocycles. The third-order valence-corrected chi connectivity index (χ3v) is 8.38. The topological polar surface area (TPSA) is 108 Å². The number of nitrogens with zero attached hydrogens (tertiary/aromatic N) is 2. The highest BCUT2D eigenvalue weighted by Gasteiger charge is 2.26. The Bertz CT molecular complexity index is 1100. The van der Waals surface area contributed by atoms with Crippen LogP contribution in [-0.4, -0.2) is 48.0 Å². The highest BCUT2D eigenvalue weighted by atomic mass is 32.2. The van der Waals surface area contributed by atoms with Gasteiger partial charge in [0.05, 0.1) is 10.3 Å². The molecule has 1 unspecified atom stereocenters. The molecule has 1 saturated heterocycles. The van der Waals surface area contributed by atoms with E-state index < -0.39 is 27.2 Å². The first-order valence-electron chi connectivity index (χ1n) is 11.0. The van der Waals surface area contributed by atoms with E-state index in [1.54, 1.807) is 19.1 Å². The molecule has 1 fully saturated rings. The number of benzene rings is 1. The first-order chi connectivity index (χ1) is 15.7. The van der Waals surface area contributed by atoms with Gasteiger partial charge in [-0.15, -0.1) is 0 Å². The Labute approximate surface area is 199 Å². The van der Waals surface area contributed by atoms with Gasteiger partial charge in [-0.2, -0.15) is 4.31 Å². The molecule has 3 rings (SSSR count). The standard InChI is InChI=1S/C23H30N4O4S2/c1-16-8-10-20(17(2)14-16)25-23(29)26-22(28)18(3)32-21-11-9-19(15-24-21)33(30,31)27-12-6-4-5-7-13-27/h8-11,14-15,18H,4-7,12-13H2,1-3H3,(H2,25,26,28,29). The van der Waals surface area contributed by atoms with Gasteiger partial charge in [0, 0.05) is 25.0 Å². The van der Waals surface area contributed by atoms with Gasteiger partial charge in [-0.1, -0.05) is 42.3 Å². The summed E-state index contributed by atoms with van der Waals surface area (Å²) in [6.07, 6.45) is 5.15. The summed E-state index contributed by atoms with van der Waals surface area (Å²) >= 11 is 1.15. The van der Waals surface area contributed by atoms with Crippen LogP contribution in [0.4, 0.5) is 10.5 Å². The normalized spacial score (nSPS) is 16.0. The fourth-order valence-corrected chi connectivity index (χ4v) is 5.83. The van der Waals surface area contributed by atoms with E-state index in [-0.39, 0.29) is 4.90 Å². The van der Waals surface area contributed by atoms with Crippen molar-refractivity contribution < 1.29 is 18.0 Å². The van der Waals surface area contributed by atoms with Crippen molar-refractivity contribution in [2.45, 2.75) is 61.6 Å². The third-order valence-electron chi connectivity index (χ3n) is 5.45. The van der Waals surface area contributed by atoms with E-state index in [9.17, 15) is 18.0 Å². The quantitative estimate of drug-likeness (QED) is 0.591. The molecular formula is C23H30N4O4S2. The van der Waals surface area contributed by atoms with Crippen molar-refractivity contribution in [2.24, 2.45) is 0 Å². The second-order valence-electron chi connectivity index (χ2n) is 8.17. The highest BCUT2D eigenvalue weighted by Crippen LogP contribution is 2.25. The molecule has 0 saturated carbocycles. The third kappa shape index (κ3) is 6.78. The number of nitrogens with one attached hydrogen (secondary N) is 2. The van der Waals surface area contributed by atoms with E-state index in [0.717, 1.165) is 48.6 Å². The van der Waals surface area contributed by atoms with E-state index in [0.29, 0.717) is 23.8 Å². The molecule has 1 aliphatic rings. The summed E-state index contributed by atoms with van der Waals surface area (Å²) < 4.78 is 27.3. The first-order valence-corrected chi connectivity index (χ1v) is 13.3. The SMILES string of the molecule is Cc1ccc(NC(=O)NC(=O)C(C)Sc2ccc(S(=O)(=O)N3CCCCCC3)cn2)c(C)c1. The number of thioether (sulfide) groups is 1. The van der Waals surface area contributed by atoms with Crippen molar-refractivity contribution in [1.29, 1.82) is 0 Å². The van der Waals surface area contributed by atoms with Crippen molar-refractivity contribution in [1.82, 2.24) is 14.6 Å². The molecule has 2 N–H and O–H groups in total. The van der Waals surface area contributed by atoms with Crippen LogP contribution in [0.2, 0.25) is 0 Å². The van der Waals surface area contributed by atoms with Crippen molar-refractivity contribution in [3.8, 4) is 0 Å². The summed E-state index contributed by atoms with van der Waals surface area (Å²) in [7, 11) is -3.57. The predicted octanol–water partition coefficient (Wildman–Crippen LogP) is 4.09. The molecule has 1 aliphatic heterocycles. The van der Waals surface area contributed by atoms with E-state index in [1.807, 2.05) is 26.0 Å². The van der Waals surface area contributed by atoms with Gasteiger partial charge in [0.1, 0.15) is 4.90 Å². The first kappa shape index (κ1) is 25.2. The van der Waals surface area contributed by atoms with Gasteiger partial charge in [-0.05, 0) is 57.4 Å². The average Bonchev–Trinajstić information content (AvgIpc) is 3.06. The summed E-state index contributed by atoms with van der Waals surface area (Å²) in [5, 5.41) is 4.91. The molecule has 8 nitrogen and oxygen atoms in total. The van der Waals surface area contributed by atoms with E-state index in [4.69, 9.17) is 0 Å². The number of pyridine rings is 1. The van der Waals surface area contributed by atoms with Crippen LogP contribution in [0, 0.1) is 13.8 Å². The molecule has 0 spiro atoms. The number of sulfonamides is 1. The van der Waals surface area contributed by atoms with E-state index in [2.05, 4.69) is 15.6 Å². The largest absolute Gasteiger partial charge is 0.325 e. The number of anilines is 1. The van der Waals surface area contributed by atoms with Gasteiger partial charge < -0.3 is 5.32 Å². The molecule has 0 radical (unpaired) electrons. The Kier molecular flexibility index (Phi) is 8.50. The average molecular weight is 491 g/mol. The lowest BCUT2D eigenvalue weighted by Gasteiger charge is -2.19. The van der Waals surface area contributed by atoms with Gasteiger partial charge in [0.15, 0.2) is 0 Å². The van der Waals surface area contributed by atoms with E-state index in [1.165, 1.54) is 16.6 Å². The van der Waals surface area contributed by atoms with Crippen LogP contribution in [0.25, 0.3) is 0 Å². The van der Waals surface area contributed by atoms with Gasteiger partial charge >= 0.3 is 6.03 Å². The Morgan fingerprint density at radius 1 is 1.06 bits per heavy atom. The Morgan fingerprint density at radius 3 is 2.36 bits per heavy atom. The maximum atomic E-state index is 12.9. The van der Waals surface area contributed by atoms with Crippen LogP contribution < -0.4 is 10.6 Å². The number of hydrogen-bond donors (Lipinski definition) is 2. The lowest BCUT2D eigenvalue weighted by molar-refractivity contribution is -0.119. The lowest BCUT2D eigenvalue weighted by atomic mass is 10.1. The molecular weight excluding hydrogens is 460 g/mol. The number of aromatic nitrogens is 1. The monoisotopic (exact) mass is 490 g/mol. The minimum Gasteiger partial charge on any atom is -0.307 e. The molecule has 2 heterocycles. The Hall–Kier alpha value is -2.43. The summed E-state index contributed by atoms with van der Waals surface area (Å²) in [6, 6.07) is 8.12. The van der Waals surface area contributed by atoms with Gasteiger partial charge in [0.25, 0.3) is 0 Å². The van der Waals surface area contributed by atoms with Crippen LogP contribution in [-0.2, 0) is 14.8 Å². The van der Waals surface area contributed by atoms with Gasteiger partial charge in [0.2, 0.25) is 15.9 Å². The van der Waals surface area contributed by atoms with E-state index >= 15 is 0 Å². The molecule has 33 heavy (non-hydrogen) atoms. The number of amides is 3. The number of urea groups is 1. The lowest BCUT2D eigenvalue weighted by Crippen LogP contribution is -2.39. The minimum atomic E-state index is -3.57. The summed E-state index contributed by atoms with van der Waals surface area (Å²) in [5.74, 6) is -0.467. The maximum absolute atomic E-state index is 12.9. The number of carbonyl (C=O) groups is 2. The Morgan fingerprint density at radius 2 is 1.76 bits per heavy atom. The summed E-state index contributed by atoms with van der Waals surface area (Å²) in [4.78, 5) is 29.0. The van der Waals surface area contributed by atoms with Crippen molar-refractivity contribution >= 4 is 39.4 Å². The molecule has 1 atom stereocenters. The van der Waals surface area contributed by atoms with Gasteiger partial charge in [-0.25, -0.2) is 18.2 Å². The molecule has 3 amide bonds. The van der Waals surface area contributed by atoms with Gasteiger partial charge in [-0.3, -0.25) is 10.1 Å². The molecule has 0 bridgehead atoms. The smallest absolute Gasteiger partial charge is 0.307 e. The van der Waals surface area contributed by atoms with Crippen molar-refractivity contribution in [2.75, 3.05) is 18.4 Å². The number of hydrogen-bond acceptors (Lipinski definition) is 6. The maximum Gasteiger partial charge on any atom is 0.325 e. The van der Waals surface area contributed by atoms with Crippen LogP contribution in [0.5, 0.6) is 0 Å². The van der Waals surface area contributed by atoms with Crippen molar-refractivity contribution in [3.05, 3.63) is 47.7 Å². The Balaban J connectivity index is 1.56. The molecule has 0 aliphatic carbocycles. The zero-order chi connectivity index (χ0) is 24.0. The van der Waals surface area contributed by atoms with Crippen molar-refractivity contribution in [3.63, 3.8) is 0 Å². The summed E-state index contributed by atoms with van der Waals surface area (Å²) in [5.41, 5.74) is 2.62. The zero-order valence-corrected chi connectivity index (χ0v) is 20.8. The molecule has 2 aromatic rings.